The third kappa shape index (κ3) is 1.44. The first-order valence-corrected chi connectivity index (χ1v) is 6.18. The molecule has 3 heteroatoms. The van der Waals surface area contributed by atoms with Crippen LogP contribution in [0, 0.1) is 13.8 Å². The maximum atomic E-state index is 4.61. The second-order valence-electron chi connectivity index (χ2n) is 4.07. The van der Waals surface area contributed by atoms with Crippen molar-refractivity contribution in [1.82, 2.24) is 9.97 Å². The summed E-state index contributed by atoms with van der Waals surface area (Å²) >= 11 is 1.71. The highest BCUT2D eigenvalue weighted by atomic mass is 32.1. The van der Waals surface area contributed by atoms with Gasteiger partial charge in [-0.3, -0.25) is 0 Å². The number of fused-ring (bicyclic) bond motifs is 1. The van der Waals surface area contributed by atoms with Crippen molar-refractivity contribution in [3.8, 4) is 11.4 Å². The van der Waals surface area contributed by atoms with E-state index in [1.807, 2.05) is 0 Å². The van der Waals surface area contributed by atoms with Gasteiger partial charge in [0.15, 0.2) is 0 Å². The standard InChI is InChI=1S/C13H12N2S/c1-8-3-4-11-12(5-8)15-13(14-11)10-7-16-6-9(10)2/h3-7H,1-2H3,(H,14,15). The number of nitrogens with one attached hydrogen (secondary N) is 1. The zero-order valence-corrected chi connectivity index (χ0v) is 10.1. The quantitative estimate of drug-likeness (QED) is 0.672. The lowest BCUT2D eigenvalue weighted by atomic mass is 10.2. The Kier molecular flexibility index (Phi) is 2.07. The summed E-state index contributed by atoms with van der Waals surface area (Å²) in [5.74, 6) is 0.972. The minimum absolute atomic E-state index is 0.972. The van der Waals surface area contributed by atoms with Gasteiger partial charge in [0.25, 0.3) is 0 Å². The van der Waals surface area contributed by atoms with Crippen LogP contribution in [0.1, 0.15) is 11.1 Å². The third-order valence-corrected chi connectivity index (χ3v) is 3.61. The second-order valence-corrected chi connectivity index (χ2v) is 4.82. The Balaban J connectivity index is 2.23. The zero-order valence-electron chi connectivity index (χ0n) is 9.24. The molecular formula is C13H12N2S. The molecule has 0 aliphatic rings. The maximum absolute atomic E-state index is 4.61. The summed E-state index contributed by atoms with van der Waals surface area (Å²) in [6.45, 7) is 4.21. The number of hydrogen-bond donors (Lipinski definition) is 1. The Morgan fingerprint density at radius 2 is 2.06 bits per heavy atom. The van der Waals surface area contributed by atoms with Crippen LogP contribution in [-0.2, 0) is 0 Å². The van der Waals surface area contributed by atoms with Gasteiger partial charge < -0.3 is 4.98 Å². The zero-order chi connectivity index (χ0) is 11.1. The van der Waals surface area contributed by atoms with Crippen LogP contribution in [0.5, 0.6) is 0 Å². The summed E-state index contributed by atoms with van der Waals surface area (Å²) in [4.78, 5) is 7.98. The molecule has 3 rings (SSSR count). The van der Waals surface area contributed by atoms with Crippen molar-refractivity contribution >= 4 is 22.4 Å². The number of aromatic amines is 1. The fraction of sp³-hybridized carbons (Fsp3) is 0.154. The molecule has 0 spiro atoms. The van der Waals surface area contributed by atoms with E-state index in [1.54, 1.807) is 11.3 Å². The Bertz CT molecular complexity index is 649. The van der Waals surface area contributed by atoms with Crippen molar-refractivity contribution in [2.24, 2.45) is 0 Å². The van der Waals surface area contributed by atoms with Gasteiger partial charge in [-0.2, -0.15) is 11.3 Å². The average molecular weight is 228 g/mol. The molecule has 1 aromatic carbocycles. The number of benzene rings is 1. The van der Waals surface area contributed by atoms with E-state index >= 15 is 0 Å². The van der Waals surface area contributed by atoms with Gasteiger partial charge in [0.05, 0.1) is 11.0 Å². The lowest BCUT2D eigenvalue weighted by molar-refractivity contribution is 1.32. The summed E-state index contributed by atoms with van der Waals surface area (Å²) in [6.07, 6.45) is 0. The molecule has 0 fully saturated rings. The van der Waals surface area contributed by atoms with E-state index in [4.69, 9.17) is 0 Å². The number of thiophene rings is 1. The van der Waals surface area contributed by atoms with Crippen LogP contribution in [0.3, 0.4) is 0 Å². The molecule has 0 bridgehead atoms. The molecule has 3 aromatic rings. The predicted octanol–water partition coefficient (Wildman–Crippen LogP) is 3.91. The second kappa shape index (κ2) is 3.46. The van der Waals surface area contributed by atoms with Crippen LogP contribution in [0.4, 0.5) is 0 Å². The molecule has 1 N–H and O–H groups in total. The maximum Gasteiger partial charge on any atom is 0.139 e. The number of aromatic nitrogens is 2. The number of nitrogens with zero attached hydrogens (tertiary/aromatic N) is 1. The molecule has 0 atom stereocenters. The minimum Gasteiger partial charge on any atom is -0.338 e. The van der Waals surface area contributed by atoms with E-state index in [9.17, 15) is 0 Å². The summed E-state index contributed by atoms with van der Waals surface area (Å²) < 4.78 is 0. The third-order valence-electron chi connectivity index (χ3n) is 2.75. The summed E-state index contributed by atoms with van der Waals surface area (Å²) in [7, 11) is 0. The normalized spacial score (nSPS) is 11.1. The van der Waals surface area contributed by atoms with Crippen molar-refractivity contribution in [3.63, 3.8) is 0 Å². The topological polar surface area (TPSA) is 28.7 Å². The molecule has 0 saturated carbocycles. The van der Waals surface area contributed by atoms with Crippen LogP contribution in [0.2, 0.25) is 0 Å². The molecule has 2 heterocycles. The van der Waals surface area contributed by atoms with E-state index in [0.717, 1.165) is 16.9 Å². The first-order valence-electron chi connectivity index (χ1n) is 5.23. The summed E-state index contributed by atoms with van der Waals surface area (Å²) in [6, 6.07) is 6.29. The Labute approximate surface area is 98.0 Å². The van der Waals surface area contributed by atoms with Crippen LogP contribution >= 0.6 is 11.3 Å². The van der Waals surface area contributed by atoms with Crippen molar-refractivity contribution in [2.75, 3.05) is 0 Å². The van der Waals surface area contributed by atoms with E-state index in [2.05, 4.69) is 52.8 Å². The molecule has 0 unspecified atom stereocenters. The van der Waals surface area contributed by atoms with Crippen molar-refractivity contribution in [1.29, 1.82) is 0 Å². The number of aryl methyl sites for hydroxylation is 2. The number of imidazole rings is 1. The lowest BCUT2D eigenvalue weighted by Crippen LogP contribution is -1.78. The summed E-state index contributed by atoms with van der Waals surface area (Å²) in [5, 5.41) is 4.29. The molecule has 0 saturated heterocycles. The molecular weight excluding hydrogens is 216 g/mol. The largest absolute Gasteiger partial charge is 0.338 e. The molecule has 0 radical (unpaired) electrons. The van der Waals surface area contributed by atoms with Gasteiger partial charge in [0.2, 0.25) is 0 Å². The smallest absolute Gasteiger partial charge is 0.139 e. The van der Waals surface area contributed by atoms with Gasteiger partial charge in [0.1, 0.15) is 5.82 Å². The SMILES string of the molecule is Cc1ccc2nc(-c3cscc3C)[nH]c2c1. The van der Waals surface area contributed by atoms with Gasteiger partial charge >= 0.3 is 0 Å². The van der Waals surface area contributed by atoms with Crippen LogP contribution in [-0.4, -0.2) is 9.97 Å². The minimum atomic E-state index is 0.972. The van der Waals surface area contributed by atoms with E-state index in [1.165, 1.54) is 16.7 Å². The Hall–Kier alpha value is -1.61. The molecule has 2 nitrogen and oxygen atoms in total. The van der Waals surface area contributed by atoms with Crippen LogP contribution in [0.15, 0.2) is 29.0 Å². The monoisotopic (exact) mass is 228 g/mol. The molecule has 16 heavy (non-hydrogen) atoms. The van der Waals surface area contributed by atoms with Gasteiger partial charge in [-0.05, 0) is 42.5 Å². The Morgan fingerprint density at radius 3 is 2.81 bits per heavy atom. The fourth-order valence-corrected chi connectivity index (χ4v) is 2.69. The van der Waals surface area contributed by atoms with Gasteiger partial charge in [-0.15, -0.1) is 0 Å². The molecule has 2 aromatic heterocycles. The van der Waals surface area contributed by atoms with Gasteiger partial charge in [-0.1, -0.05) is 6.07 Å². The highest BCUT2D eigenvalue weighted by Gasteiger charge is 2.08. The highest BCUT2D eigenvalue weighted by Crippen LogP contribution is 2.26. The first-order chi connectivity index (χ1) is 7.74. The van der Waals surface area contributed by atoms with Crippen molar-refractivity contribution < 1.29 is 0 Å². The van der Waals surface area contributed by atoms with E-state index in [0.29, 0.717) is 0 Å². The summed E-state index contributed by atoms with van der Waals surface area (Å²) in [5.41, 5.74) is 5.89. The van der Waals surface area contributed by atoms with E-state index in [-0.39, 0.29) is 0 Å². The van der Waals surface area contributed by atoms with Crippen molar-refractivity contribution in [2.45, 2.75) is 13.8 Å². The lowest BCUT2D eigenvalue weighted by Gasteiger charge is -1.92. The van der Waals surface area contributed by atoms with Gasteiger partial charge in [0, 0.05) is 10.9 Å². The molecule has 0 aliphatic heterocycles. The number of hydrogen-bond acceptors (Lipinski definition) is 2. The molecule has 0 aliphatic carbocycles. The predicted molar refractivity (Wildman–Crippen MR) is 68.9 cm³/mol. The van der Waals surface area contributed by atoms with E-state index < -0.39 is 0 Å². The molecule has 80 valence electrons. The number of rotatable bonds is 1. The van der Waals surface area contributed by atoms with Gasteiger partial charge in [-0.25, -0.2) is 4.98 Å². The van der Waals surface area contributed by atoms with Crippen molar-refractivity contribution in [3.05, 3.63) is 40.1 Å². The Morgan fingerprint density at radius 1 is 1.19 bits per heavy atom. The number of H-pyrrole nitrogens is 1. The fourth-order valence-electron chi connectivity index (χ4n) is 1.85. The van der Waals surface area contributed by atoms with Crippen LogP contribution < -0.4 is 0 Å². The average Bonchev–Trinajstić information content (AvgIpc) is 2.82. The molecule has 0 amide bonds. The first kappa shape index (κ1) is 9.60. The van der Waals surface area contributed by atoms with Crippen LogP contribution in [0.25, 0.3) is 22.4 Å². The highest BCUT2D eigenvalue weighted by molar-refractivity contribution is 7.08.